The summed E-state index contributed by atoms with van der Waals surface area (Å²) in [7, 11) is 1.32. The summed E-state index contributed by atoms with van der Waals surface area (Å²) in [5.41, 5.74) is 3.64. The number of imide groups is 2. The van der Waals surface area contributed by atoms with E-state index in [9.17, 15) is 18.8 Å². The predicted molar refractivity (Wildman–Crippen MR) is 120 cm³/mol. The van der Waals surface area contributed by atoms with Crippen LogP contribution in [0.15, 0.2) is 60.2 Å². The highest BCUT2D eigenvalue weighted by atomic mass is 19.1. The minimum Gasteiger partial charge on any atom is -0.489 e. The Morgan fingerprint density at radius 3 is 2.42 bits per heavy atom. The van der Waals surface area contributed by atoms with E-state index in [1.807, 2.05) is 36.6 Å². The van der Waals surface area contributed by atoms with Gasteiger partial charge in [0.05, 0.1) is 0 Å². The SMILES string of the molecule is Cc1cc(/C=C2/C(=O)NC(=O)N(C)C2=O)c(C)n1-c1ccc(OCc2ccccc2F)cc1. The summed E-state index contributed by atoms with van der Waals surface area (Å²) in [5, 5.41) is 2.15. The first-order valence-electron chi connectivity index (χ1n) is 10.3. The highest BCUT2D eigenvalue weighted by molar-refractivity contribution is 6.30. The molecule has 1 aliphatic rings. The lowest BCUT2D eigenvalue weighted by molar-refractivity contribution is -0.129. The molecule has 1 saturated heterocycles. The van der Waals surface area contributed by atoms with Crippen LogP contribution in [0.3, 0.4) is 0 Å². The molecule has 0 bridgehead atoms. The van der Waals surface area contributed by atoms with Crippen molar-refractivity contribution in [1.29, 1.82) is 0 Å². The van der Waals surface area contributed by atoms with Gasteiger partial charge in [0, 0.05) is 29.7 Å². The molecule has 1 N–H and O–H groups in total. The van der Waals surface area contributed by atoms with Crippen molar-refractivity contribution in [2.24, 2.45) is 0 Å². The number of carbonyl (C=O) groups is 3. The molecule has 1 fully saturated rings. The molecule has 0 atom stereocenters. The van der Waals surface area contributed by atoms with Crippen LogP contribution in [-0.2, 0) is 16.2 Å². The van der Waals surface area contributed by atoms with E-state index in [4.69, 9.17) is 4.74 Å². The van der Waals surface area contributed by atoms with Crippen LogP contribution in [0, 0.1) is 19.7 Å². The maximum absolute atomic E-state index is 13.8. The van der Waals surface area contributed by atoms with E-state index in [-0.39, 0.29) is 18.0 Å². The van der Waals surface area contributed by atoms with Crippen molar-refractivity contribution in [2.75, 3.05) is 7.05 Å². The van der Waals surface area contributed by atoms with Gasteiger partial charge in [0.1, 0.15) is 23.7 Å². The van der Waals surface area contributed by atoms with Gasteiger partial charge in [-0.25, -0.2) is 9.18 Å². The highest BCUT2D eigenvalue weighted by Gasteiger charge is 2.33. The fourth-order valence-electron chi connectivity index (χ4n) is 3.70. The molecule has 0 spiro atoms. The third kappa shape index (κ3) is 4.27. The maximum Gasteiger partial charge on any atom is 0.331 e. The molecule has 0 saturated carbocycles. The summed E-state index contributed by atoms with van der Waals surface area (Å²) in [5.74, 6) is -1.08. The predicted octanol–water partition coefficient (Wildman–Crippen LogP) is 3.90. The monoisotopic (exact) mass is 447 g/mol. The summed E-state index contributed by atoms with van der Waals surface area (Å²) in [6, 6.07) is 14.9. The van der Waals surface area contributed by atoms with Crippen LogP contribution in [0.1, 0.15) is 22.5 Å². The van der Waals surface area contributed by atoms with Crippen molar-refractivity contribution in [3.8, 4) is 11.4 Å². The molecule has 0 unspecified atom stereocenters. The van der Waals surface area contributed by atoms with Crippen LogP contribution in [0.2, 0.25) is 0 Å². The van der Waals surface area contributed by atoms with Gasteiger partial charge in [-0.1, -0.05) is 18.2 Å². The van der Waals surface area contributed by atoms with Crippen LogP contribution >= 0.6 is 0 Å². The Morgan fingerprint density at radius 1 is 1.03 bits per heavy atom. The van der Waals surface area contributed by atoms with Crippen molar-refractivity contribution in [2.45, 2.75) is 20.5 Å². The fraction of sp³-hybridized carbons (Fsp3) is 0.160. The Labute approximate surface area is 190 Å². The van der Waals surface area contributed by atoms with E-state index in [0.29, 0.717) is 16.9 Å². The summed E-state index contributed by atoms with van der Waals surface area (Å²) < 4.78 is 21.5. The van der Waals surface area contributed by atoms with E-state index in [0.717, 1.165) is 22.0 Å². The molecule has 2 heterocycles. The van der Waals surface area contributed by atoms with Crippen LogP contribution in [0.4, 0.5) is 9.18 Å². The minimum absolute atomic E-state index is 0.103. The molecule has 1 aliphatic heterocycles. The Bertz CT molecular complexity index is 1290. The van der Waals surface area contributed by atoms with E-state index >= 15 is 0 Å². The molecule has 4 rings (SSSR count). The quantitative estimate of drug-likeness (QED) is 0.475. The van der Waals surface area contributed by atoms with Crippen LogP contribution in [0.25, 0.3) is 11.8 Å². The number of benzene rings is 2. The van der Waals surface area contributed by atoms with Crippen molar-refractivity contribution in [3.63, 3.8) is 0 Å². The zero-order chi connectivity index (χ0) is 23.7. The molecule has 33 heavy (non-hydrogen) atoms. The van der Waals surface area contributed by atoms with Gasteiger partial charge in [0.15, 0.2) is 0 Å². The summed E-state index contributed by atoms with van der Waals surface area (Å²) in [6.45, 7) is 3.91. The number of amides is 4. The highest BCUT2D eigenvalue weighted by Crippen LogP contribution is 2.25. The first kappa shape index (κ1) is 22.0. The molecular formula is C25H22FN3O4. The smallest absolute Gasteiger partial charge is 0.331 e. The molecule has 3 aromatic rings. The molecule has 2 aromatic carbocycles. The number of urea groups is 1. The Morgan fingerprint density at radius 2 is 1.73 bits per heavy atom. The van der Waals surface area contributed by atoms with Crippen molar-refractivity contribution < 1.29 is 23.5 Å². The number of aromatic nitrogens is 1. The average Bonchev–Trinajstić information content (AvgIpc) is 3.08. The normalized spacial score (nSPS) is 15.2. The van der Waals surface area contributed by atoms with Crippen LogP contribution in [0.5, 0.6) is 5.75 Å². The second-order valence-electron chi connectivity index (χ2n) is 7.72. The molecule has 7 nitrogen and oxygen atoms in total. The topological polar surface area (TPSA) is 80.6 Å². The van der Waals surface area contributed by atoms with E-state index < -0.39 is 17.8 Å². The first-order chi connectivity index (χ1) is 15.8. The standard InChI is InChI=1S/C25H22FN3O4/c1-15-12-18(13-21-23(30)27-25(32)28(3)24(21)31)16(2)29(15)19-8-10-20(11-9-19)33-14-17-6-4-5-7-22(17)26/h4-13H,14H2,1-3H3,(H,27,30,32)/b21-13-. The number of hydrogen-bond acceptors (Lipinski definition) is 4. The number of nitrogens with zero attached hydrogens (tertiary/aromatic N) is 2. The molecule has 1 aromatic heterocycles. The zero-order valence-electron chi connectivity index (χ0n) is 18.4. The lowest BCUT2D eigenvalue weighted by Gasteiger charge is -2.22. The van der Waals surface area contributed by atoms with Crippen LogP contribution in [-0.4, -0.2) is 34.4 Å². The lowest BCUT2D eigenvalue weighted by Crippen LogP contribution is -2.52. The van der Waals surface area contributed by atoms with Gasteiger partial charge in [-0.2, -0.15) is 0 Å². The van der Waals surface area contributed by atoms with Gasteiger partial charge in [-0.3, -0.25) is 19.8 Å². The number of barbiturate groups is 1. The molecule has 4 amide bonds. The minimum atomic E-state index is -0.745. The molecular weight excluding hydrogens is 425 g/mol. The van der Waals surface area contributed by atoms with E-state index in [1.165, 1.54) is 19.2 Å². The van der Waals surface area contributed by atoms with Crippen molar-refractivity contribution in [3.05, 3.63) is 88.5 Å². The van der Waals surface area contributed by atoms with Crippen molar-refractivity contribution in [1.82, 2.24) is 14.8 Å². The second-order valence-corrected chi connectivity index (χ2v) is 7.72. The number of nitrogens with one attached hydrogen (secondary N) is 1. The number of halogens is 1. The van der Waals surface area contributed by atoms with Crippen molar-refractivity contribution >= 4 is 23.9 Å². The molecule has 168 valence electrons. The number of rotatable bonds is 5. The number of aryl methyl sites for hydroxylation is 1. The Balaban J connectivity index is 1.57. The Hall–Kier alpha value is -4.20. The largest absolute Gasteiger partial charge is 0.489 e. The van der Waals surface area contributed by atoms with Gasteiger partial charge < -0.3 is 9.30 Å². The fourth-order valence-corrected chi connectivity index (χ4v) is 3.70. The van der Waals surface area contributed by atoms with Gasteiger partial charge in [0.2, 0.25) is 0 Å². The number of carbonyl (C=O) groups excluding carboxylic acids is 3. The summed E-state index contributed by atoms with van der Waals surface area (Å²) in [4.78, 5) is 37.0. The lowest BCUT2D eigenvalue weighted by atomic mass is 10.1. The first-order valence-corrected chi connectivity index (χ1v) is 10.3. The molecule has 0 radical (unpaired) electrons. The zero-order valence-corrected chi connectivity index (χ0v) is 18.4. The molecule has 0 aliphatic carbocycles. The summed E-state index contributed by atoms with van der Waals surface area (Å²) in [6.07, 6.45) is 1.49. The number of hydrogen-bond donors (Lipinski definition) is 1. The second kappa shape index (κ2) is 8.74. The van der Waals surface area contributed by atoms with Crippen LogP contribution < -0.4 is 10.1 Å². The third-order valence-corrected chi connectivity index (χ3v) is 5.52. The maximum atomic E-state index is 13.8. The summed E-state index contributed by atoms with van der Waals surface area (Å²) >= 11 is 0. The van der Waals surface area contributed by atoms with Gasteiger partial charge >= 0.3 is 6.03 Å². The van der Waals surface area contributed by atoms with Gasteiger partial charge in [0.25, 0.3) is 11.8 Å². The average molecular weight is 447 g/mol. The van der Waals surface area contributed by atoms with E-state index in [2.05, 4.69) is 5.32 Å². The van der Waals surface area contributed by atoms with Gasteiger partial charge in [-0.15, -0.1) is 0 Å². The van der Waals surface area contributed by atoms with E-state index in [1.54, 1.807) is 30.3 Å². The Kier molecular flexibility index (Phi) is 5.83. The third-order valence-electron chi connectivity index (χ3n) is 5.52. The number of ether oxygens (including phenoxy) is 1. The van der Waals surface area contributed by atoms with Gasteiger partial charge in [-0.05, 0) is 61.9 Å². The molecule has 8 heteroatoms. The number of likely N-dealkylation sites (N-methyl/N-ethyl adjacent to an activating group) is 1.